The van der Waals surface area contributed by atoms with E-state index in [-0.39, 0.29) is 0 Å². The van der Waals surface area contributed by atoms with Crippen molar-refractivity contribution in [2.45, 2.75) is 0 Å². The summed E-state index contributed by atoms with van der Waals surface area (Å²) in [6.07, 6.45) is 2.49. The van der Waals surface area contributed by atoms with Crippen molar-refractivity contribution >= 4 is 27.7 Å². The zero-order valence-corrected chi connectivity index (χ0v) is 7.38. The van der Waals surface area contributed by atoms with Crippen molar-refractivity contribution in [1.82, 2.24) is 9.19 Å². The van der Waals surface area contributed by atoms with Gasteiger partial charge in [-0.15, -0.1) is 4.09 Å². The number of hydrogen-bond donors (Lipinski definition) is 1. The summed E-state index contributed by atoms with van der Waals surface area (Å²) < 4.78 is 26.8. The van der Waals surface area contributed by atoms with E-state index in [4.69, 9.17) is 5.73 Å². The highest BCUT2D eigenvalue weighted by molar-refractivity contribution is 7.87. The molecule has 0 amide bonds. The zero-order chi connectivity index (χ0) is 9.19. The van der Waals surface area contributed by atoms with Gasteiger partial charge in [0.1, 0.15) is 0 Å². The standard InChI is InChI=1S/C4H5N3O3S2/c5-4(11)10-12(8,9)7-3-1-2-6-7/h1-3H,(H2,5,11). The molecular formula is C4H5N3O3S2. The molecule has 0 aliphatic rings. The molecule has 0 aliphatic heterocycles. The van der Waals surface area contributed by atoms with Crippen LogP contribution in [0, 0.1) is 0 Å². The van der Waals surface area contributed by atoms with Crippen molar-refractivity contribution in [3.05, 3.63) is 18.5 Å². The first kappa shape index (κ1) is 8.94. The van der Waals surface area contributed by atoms with Gasteiger partial charge in [0.05, 0.1) is 6.20 Å². The Morgan fingerprint density at radius 1 is 1.67 bits per heavy atom. The predicted molar refractivity (Wildman–Crippen MR) is 44.4 cm³/mol. The maximum atomic E-state index is 11.0. The summed E-state index contributed by atoms with van der Waals surface area (Å²) in [6.45, 7) is 0. The third-order valence-electron chi connectivity index (χ3n) is 0.897. The van der Waals surface area contributed by atoms with E-state index in [2.05, 4.69) is 21.5 Å². The van der Waals surface area contributed by atoms with Crippen molar-refractivity contribution in [2.24, 2.45) is 5.73 Å². The van der Waals surface area contributed by atoms with Crippen LogP contribution in [0.15, 0.2) is 18.5 Å². The first-order valence-corrected chi connectivity index (χ1v) is 4.54. The molecule has 0 saturated carbocycles. The van der Waals surface area contributed by atoms with Gasteiger partial charge in [0, 0.05) is 6.20 Å². The lowest BCUT2D eigenvalue weighted by Crippen LogP contribution is -2.23. The summed E-state index contributed by atoms with van der Waals surface area (Å²) in [5, 5.41) is 2.87. The van der Waals surface area contributed by atoms with Gasteiger partial charge in [0.15, 0.2) is 0 Å². The Balaban J connectivity index is 2.96. The Labute approximate surface area is 74.2 Å². The molecule has 8 heteroatoms. The number of rotatable bonds is 2. The lowest BCUT2D eigenvalue weighted by molar-refractivity contribution is 0.468. The van der Waals surface area contributed by atoms with Crippen LogP contribution in [0.5, 0.6) is 0 Å². The smallest absolute Gasteiger partial charge is 0.359 e. The van der Waals surface area contributed by atoms with Crippen LogP contribution >= 0.6 is 12.2 Å². The monoisotopic (exact) mass is 207 g/mol. The molecule has 66 valence electrons. The molecule has 0 saturated heterocycles. The van der Waals surface area contributed by atoms with E-state index in [0.29, 0.717) is 4.09 Å². The molecule has 12 heavy (non-hydrogen) atoms. The van der Waals surface area contributed by atoms with Gasteiger partial charge in [-0.2, -0.15) is 13.5 Å². The summed E-state index contributed by atoms with van der Waals surface area (Å²) in [5.41, 5.74) is 4.87. The summed E-state index contributed by atoms with van der Waals surface area (Å²) in [7, 11) is -3.98. The second-order valence-electron chi connectivity index (χ2n) is 1.74. The van der Waals surface area contributed by atoms with Crippen molar-refractivity contribution in [3.63, 3.8) is 0 Å². The molecular weight excluding hydrogens is 202 g/mol. The van der Waals surface area contributed by atoms with E-state index in [0.717, 1.165) is 0 Å². The predicted octanol–water partition coefficient (Wildman–Crippen LogP) is -0.764. The number of nitrogens with zero attached hydrogens (tertiary/aromatic N) is 2. The molecule has 0 atom stereocenters. The number of thiocarbonyl (C=S) groups is 1. The first-order chi connectivity index (χ1) is 5.52. The quantitative estimate of drug-likeness (QED) is 0.641. The van der Waals surface area contributed by atoms with E-state index in [1.54, 1.807) is 0 Å². The van der Waals surface area contributed by atoms with Crippen LogP contribution in [0.3, 0.4) is 0 Å². The summed E-state index contributed by atoms with van der Waals surface area (Å²) in [5.74, 6) is 0. The maximum absolute atomic E-state index is 11.0. The number of hydrogen-bond acceptors (Lipinski definition) is 5. The van der Waals surface area contributed by atoms with Crippen molar-refractivity contribution < 1.29 is 12.6 Å². The molecule has 0 fully saturated rings. The van der Waals surface area contributed by atoms with Gasteiger partial charge < -0.3 is 9.92 Å². The fraction of sp³-hybridized carbons (Fsp3) is 0. The summed E-state index contributed by atoms with van der Waals surface area (Å²) in [4.78, 5) is 0. The minimum atomic E-state index is -3.98. The topological polar surface area (TPSA) is 87.2 Å². The third kappa shape index (κ3) is 1.92. The van der Waals surface area contributed by atoms with Crippen LogP contribution in [0.4, 0.5) is 0 Å². The van der Waals surface area contributed by atoms with E-state index < -0.39 is 15.5 Å². The Bertz CT molecular complexity index is 368. The minimum absolute atomic E-state index is 0.564. The normalized spacial score (nSPS) is 11.0. The van der Waals surface area contributed by atoms with Crippen LogP contribution < -0.4 is 5.73 Å². The summed E-state index contributed by atoms with van der Waals surface area (Å²) in [6, 6.07) is 1.43. The van der Waals surface area contributed by atoms with Crippen LogP contribution in [0.2, 0.25) is 0 Å². The lowest BCUT2D eigenvalue weighted by atomic mass is 10.8. The fourth-order valence-corrected chi connectivity index (χ4v) is 1.46. The zero-order valence-electron chi connectivity index (χ0n) is 5.75. The second-order valence-corrected chi connectivity index (χ2v) is 3.54. The van der Waals surface area contributed by atoms with Gasteiger partial charge in [-0.1, -0.05) is 0 Å². The second kappa shape index (κ2) is 3.07. The van der Waals surface area contributed by atoms with Gasteiger partial charge in [0.2, 0.25) is 0 Å². The average molecular weight is 207 g/mol. The molecule has 2 N–H and O–H groups in total. The lowest BCUT2D eigenvalue weighted by Gasteiger charge is -2.02. The first-order valence-electron chi connectivity index (χ1n) is 2.76. The van der Waals surface area contributed by atoms with E-state index in [9.17, 15) is 8.42 Å². The molecule has 0 aliphatic carbocycles. The number of aromatic nitrogens is 2. The van der Waals surface area contributed by atoms with Gasteiger partial charge in [-0.3, -0.25) is 0 Å². The SMILES string of the molecule is NC(=S)OS(=O)(=O)n1cccn1. The minimum Gasteiger partial charge on any atom is -0.359 e. The molecule has 0 spiro atoms. The van der Waals surface area contributed by atoms with Crippen LogP contribution in [-0.2, 0) is 14.5 Å². The third-order valence-corrected chi connectivity index (χ3v) is 2.15. The average Bonchev–Trinajstić information content (AvgIpc) is 2.32. The highest BCUT2D eigenvalue weighted by Crippen LogP contribution is 1.96. The molecule has 1 heterocycles. The maximum Gasteiger partial charge on any atom is 0.431 e. The van der Waals surface area contributed by atoms with Crippen molar-refractivity contribution in [1.29, 1.82) is 0 Å². The van der Waals surface area contributed by atoms with E-state index in [1.807, 2.05) is 0 Å². The van der Waals surface area contributed by atoms with Gasteiger partial charge >= 0.3 is 10.3 Å². The highest BCUT2D eigenvalue weighted by atomic mass is 32.2. The fourth-order valence-electron chi connectivity index (χ4n) is 0.529. The Morgan fingerprint density at radius 2 is 2.33 bits per heavy atom. The molecule has 1 aromatic rings. The Morgan fingerprint density at radius 3 is 2.75 bits per heavy atom. The van der Waals surface area contributed by atoms with Crippen LogP contribution in [-0.4, -0.2) is 22.8 Å². The largest absolute Gasteiger partial charge is 0.431 e. The van der Waals surface area contributed by atoms with Crippen molar-refractivity contribution in [2.75, 3.05) is 0 Å². The molecule has 1 aromatic heterocycles. The molecule has 0 unspecified atom stereocenters. The van der Waals surface area contributed by atoms with Crippen molar-refractivity contribution in [3.8, 4) is 0 Å². The van der Waals surface area contributed by atoms with Gasteiger partial charge in [-0.05, 0) is 18.3 Å². The molecule has 0 aromatic carbocycles. The molecule has 0 bridgehead atoms. The van der Waals surface area contributed by atoms with Gasteiger partial charge in [0.25, 0.3) is 5.17 Å². The Kier molecular flexibility index (Phi) is 2.29. The van der Waals surface area contributed by atoms with E-state index >= 15 is 0 Å². The Hall–Kier alpha value is -1.15. The van der Waals surface area contributed by atoms with Crippen LogP contribution in [0.25, 0.3) is 0 Å². The molecule has 6 nitrogen and oxygen atoms in total. The molecule has 0 radical (unpaired) electrons. The number of nitrogens with two attached hydrogens (primary N) is 1. The van der Waals surface area contributed by atoms with E-state index in [1.165, 1.54) is 18.5 Å². The molecule has 1 rings (SSSR count). The van der Waals surface area contributed by atoms with Crippen LogP contribution in [0.1, 0.15) is 0 Å². The summed E-state index contributed by atoms with van der Waals surface area (Å²) >= 11 is 4.25. The van der Waals surface area contributed by atoms with Gasteiger partial charge in [-0.25, -0.2) is 0 Å². The highest BCUT2D eigenvalue weighted by Gasteiger charge is 2.15.